The summed E-state index contributed by atoms with van der Waals surface area (Å²) < 4.78 is 1.08. The Hall–Kier alpha value is -0.630. The zero-order valence-electron chi connectivity index (χ0n) is 12.0. The van der Waals surface area contributed by atoms with Gasteiger partial charge >= 0.3 is 0 Å². The van der Waals surface area contributed by atoms with Crippen molar-refractivity contribution in [1.82, 2.24) is 0 Å². The normalized spacial score (nSPS) is 29.8. The third kappa shape index (κ3) is 3.33. The topological polar surface area (TPSA) is 17.1 Å². The summed E-state index contributed by atoms with van der Waals surface area (Å²) in [6, 6.07) is 8.18. The smallest absolute Gasteiger partial charge is 0.140 e. The molecule has 1 aromatic rings. The molecule has 0 amide bonds. The van der Waals surface area contributed by atoms with Crippen molar-refractivity contribution < 1.29 is 4.79 Å². The number of halogens is 1. The quantitative estimate of drug-likeness (QED) is 0.745. The second-order valence-electron chi connectivity index (χ2n) is 6.58. The fourth-order valence-electron chi connectivity index (χ4n) is 4.11. The summed E-state index contributed by atoms with van der Waals surface area (Å²) in [4.78, 5) is 12.5. The highest BCUT2D eigenvalue weighted by Crippen LogP contribution is 2.43. The van der Waals surface area contributed by atoms with Gasteiger partial charge in [-0.25, -0.2) is 0 Å². The van der Waals surface area contributed by atoms with E-state index in [1.807, 2.05) is 12.1 Å². The van der Waals surface area contributed by atoms with Gasteiger partial charge in [0.05, 0.1) is 0 Å². The van der Waals surface area contributed by atoms with Crippen LogP contribution in [0.5, 0.6) is 0 Å². The van der Waals surface area contributed by atoms with Crippen LogP contribution >= 0.6 is 15.9 Å². The van der Waals surface area contributed by atoms with Gasteiger partial charge in [-0.1, -0.05) is 53.7 Å². The molecule has 0 bridgehead atoms. The van der Waals surface area contributed by atoms with Crippen molar-refractivity contribution in [3.05, 3.63) is 34.3 Å². The molecule has 3 atom stereocenters. The molecule has 3 rings (SSSR count). The van der Waals surface area contributed by atoms with Gasteiger partial charge in [-0.05, 0) is 48.8 Å². The molecule has 108 valence electrons. The molecule has 2 heteroatoms. The van der Waals surface area contributed by atoms with E-state index < -0.39 is 0 Å². The Balaban J connectivity index is 1.58. The third-order valence-corrected chi connectivity index (χ3v) is 5.82. The molecule has 0 N–H and O–H groups in total. The molecule has 0 radical (unpaired) electrons. The standard InChI is InChI=1S/C18H23BrO/c19-17-9-5-13(6-10-17)11-18(20)16-8-7-14-3-1-2-4-15(14)12-16/h5-6,9-10,14-16H,1-4,7-8,11-12H2. The molecule has 1 aromatic carbocycles. The molecule has 20 heavy (non-hydrogen) atoms. The predicted octanol–water partition coefficient (Wildman–Crippen LogP) is 5.17. The Morgan fingerprint density at radius 2 is 1.70 bits per heavy atom. The first-order chi connectivity index (χ1) is 9.72. The maximum atomic E-state index is 12.5. The van der Waals surface area contributed by atoms with Crippen LogP contribution in [0.25, 0.3) is 0 Å². The van der Waals surface area contributed by atoms with E-state index in [1.54, 1.807) is 0 Å². The first kappa shape index (κ1) is 14.3. The molecular formula is C18H23BrO. The molecule has 1 nitrogen and oxygen atoms in total. The van der Waals surface area contributed by atoms with Gasteiger partial charge in [-0.2, -0.15) is 0 Å². The van der Waals surface area contributed by atoms with Crippen LogP contribution in [0.3, 0.4) is 0 Å². The van der Waals surface area contributed by atoms with E-state index in [1.165, 1.54) is 38.5 Å². The van der Waals surface area contributed by atoms with Crippen molar-refractivity contribution in [2.45, 2.75) is 51.4 Å². The van der Waals surface area contributed by atoms with Gasteiger partial charge in [0.15, 0.2) is 0 Å². The zero-order chi connectivity index (χ0) is 13.9. The van der Waals surface area contributed by atoms with E-state index in [-0.39, 0.29) is 0 Å². The van der Waals surface area contributed by atoms with Crippen LogP contribution in [-0.4, -0.2) is 5.78 Å². The van der Waals surface area contributed by atoms with Crippen LogP contribution in [-0.2, 0) is 11.2 Å². The van der Waals surface area contributed by atoms with Crippen molar-refractivity contribution in [2.75, 3.05) is 0 Å². The average molecular weight is 335 g/mol. The van der Waals surface area contributed by atoms with E-state index in [0.29, 0.717) is 18.1 Å². The van der Waals surface area contributed by atoms with Gasteiger partial charge < -0.3 is 0 Å². The fraction of sp³-hybridized carbons (Fsp3) is 0.611. The molecular weight excluding hydrogens is 312 g/mol. The number of Topliss-reactive ketones (excluding diaryl/α,β-unsaturated/α-hetero) is 1. The van der Waals surface area contributed by atoms with Gasteiger partial charge in [-0.15, -0.1) is 0 Å². The Labute approximate surface area is 130 Å². The number of ketones is 1. The summed E-state index contributed by atoms with van der Waals surface area (Å²) in [7, 11) is 0. The minimum atomic E-state index is 0.331. The van der Waals surface area contributed by atoms with Gasteiger partial charge in [0.1, 0.15) is 5.78 Å². The molecule has 0 aromatic heterocycles. The monoisotopic (exact) mass is 334 g/mol. The summed E-state index contributed by atoms with van der Waals surface area (Å²) >= 11 is 3.44. The van der Waals surface area contributed by atoms with Crippen LogP contribution in [0.2, 0.25) is 0 Å². The summed E-state index contributed by atoms with van der Waals surface area (Å²) in [5.74, 6) is 2.58. The Morgan fingerprint density at radius 1 is 1.00 bits per heavy atom. The van der Waals surface area contributed by atoms with Crippen molar-refractivity contribution in [3.63, 3.8) is 0 Å². The van der Waals surface area contributed by atoms with E-state index in [0.717, 1.165) is 28.3 Å². The van der Waals surface area contributed by atoms with Crippen molar-refractivity contribution in [3.8, 4) is 0 Å². The van der Waals surface area contributed by atoms with Crippen molar-refractivity contribution in [1.29, 1.82) is 0 Å². The van der Waals surface area contributed by atoms with Gasteiger partial charge in [0.25, 0.3) is 0 Å². The van der Waals surface area contributed by atoms with Gasteiger partial charge in [-0.3, -0.25) is 4.79 Å². The molecule has 2 saturated carbocycles. The molecule has 2 fully saturated rings. The van der Waals surface area contributed by atoms with E-state index >= 15 is 0 Å². The molecule has 0 aliphatic heterocycles. The van der Waals surface area contributed by atoms with Crippen LogP contribution in [0.1, 0.15) is 50.5 Å². The number of carbonyl (C=O) groups is 1. The highest BCUT2D eigenvalue weighted by atomic mass is 79.9. The highest BCUT2D eigenvalue weighted by molar-refractivity contribution is 9.10. The number of fused-ring (bicyclic) bond motifs is 1. The van der Waals surface area contributed by atoms with Crippen LogP contribution < -0.4 is 0 Å². The minimum Gasteiger partial charge on any atom is -0.299 e. The van der Waals surface area contributed by atoms with Crippen molar-refractivity contribution in [2.24, 2.45) is 17.8 Å². The largest absolute Gasteiger partial charge is 0.299 e. The maximum Gasteiger partial charge on any atom is 0.140 e. The lowest BCUT2D eigenvalue weighted by Gasteiger charge is -2.38. The zero-order valence-corrected chi connectivity index (χ0v) is 13.6. The molecule has 2 aliphatic carbocycles. The Kier molecular flexibility index (Phi) is 4.60. The Bertz CT molecular complexity index is 465. The lowest BCUT2D eigenvalue weighted by Crippen LogP contribution is -2.31. The van der Waals surface area contributed by atoms with Crippen molar-refractivity contribution >= 4 is 21.7 Å². The summed E-state index contributed by atoms with van der Waals surface area (Å²) in [6.45, 7) is 0. The van der Waals surface area contributed by atoms with Gasteiger partial charge in [0, 0.05) is 16.8 Å². The van der Waals surface area contributed by atoms with E-state index in [4.69, 9.17) is 0 Å². The SMILES string of the molecule is O=C(Cc1ccc(Br)cc1)C1CCC2CCCCC2C1. The lowest BCUT2D eigenvalue weighted by molar-refractivity contribution is -0.124. The molecule has 0 spiro atoms. The van der Waals surface area contributed by atoms with E-state index in [9.17, 15) is 4.79 Å². The van der Waals surface area contributed by atoms with Crippen LogP contribution in [0.15, 0.2) is 28.7 Å². The first-order valence-electron chi connectivity index (χ1n) is 7.99. The summed E-state index contributed by atoms with van der Waals surface area (Å²) in [5.41, 5.74) is 1.16. The van der Waals surface area contributed by atoms with Crippen LogP contribution in [0, 0.1) is 17.8 Å². The summed E-state index contributed by atoms with van der Waals surface area (Å²) in [6.07, 6.45) is 9.80. The molecule has 2 aliphatic rings. The van der Waals surface area contributed by atoms with Gasteiger partial charge in [0.2, 0.25) is 0 Å². The Morgan fingerprint density at radius 3 is 2.45 bits per heavy atom. The van der Waals surface area contributed by atoms with Crippen LogP contribution in [0.4, 0.5) is 0 Å². The maximum absolute atomic E-state index is 12.5. The second kappa shape index (κ2) is 6.43. The first-order valence-corrected chi connectivity index (χ1v) is 8.79. The lowest BCUT2D eigenvalue weighted by atomic mass is 9.66. The third-order valence-electron chi connectivity index (χ3n) is 5.29. The number of carbonyl (C=O) groups excluding carboxylic acids is 1. The predicted molar refractivity (Wildman–Crippen MR) is 85.6 cm³/mol. The number of hydrogen-bond donors (Lipinski definition) is 0. The number of rotatable bonds is 3. The average Bonchev–Trinajstić information content (AvgIpc) is 2.49. The van der Waals surface area contributed by atoms with E-state index in [2.05, 4.69) is 28.1 Å². The highest BCUT2D eigenvalue weighted by Gasteiger charge is 2.34. The fourth-order valence-corrected chi connectivity index (χ4v) is 4.38. The molecule has 3 unspecified atom stereocenters. The number of hydrogen-bond acceptors (Lipinski definition) is 1. The minimum absolute atomic E-state index is 0.331. The second-order valence-corrected chi connectivity index (χ2v) is 7.50. The summed E-state index contributed by atoms with van der Waals surface area (Å²) in [5, 5.41) is 0. The molecule has 0 saturated heterocycles. The molecule has 0 heterocycles. The number of benzene rings is 1.